The number of aromatic nitrogens is 5. The van der Waals surface area contributed by atoms with Crippen molar-refractivity contribution in [1.29, 1.82) is 0 Å². The number of nitrogens with one attached hydrogen (secondary N) is 1. The standard InChI is InChI=1S/C29H36N6O4/c1-6-24(27-31-32-33-35(27)29(4,5)7-2)34(16-19-9-12-25-26(13-19)39-18-38-25)17-21-14-20-15-22(37-8-3)10-11-23(20)30-28(21)36/h9-15,24H,6-8,16-18H2,1-5H3,(H,30,36)/t24-/m0/s1. The molecule has 10 nitrogen and oxygen atoms in total. The summed E-state index contributed by atoms with van der Waals surface area (Å²) < 4.78 is 18.8. The average molecular weight is 533 g/mol. The Balaban J connectivity index is 1.55. The number of pyridine rings is 1. The fourth-order valence-electron chi connectivity index (χ4n) is 4.96. The minimum atomic E-state index is -0.257. The van der Waals surface area contributed by atoms with Crippen molar-refractivity contribution in [2.24, 2.45) is 0 Å². The molecule has 0 fully saturated rings. The Morgan fingerprint density at radius 1 is 1.08 bits per heavy atom. The van der Waals surface area contributed by atoms with E-state index in [0.29, 0.717) is 25.3 Å². The van der Waals surface area contributed by atoms with E-state index in [1.807, 2.05) is 54.1 Å². The zero-order valence-electron chi connectivity index (χ0n) is 23.2. The van der Waals surface area contributed by atoms with Crippen LogP contribution in [-0.4, -0.2) is 43.5 Å². The van der Waals surface area contributed by atoms with E-state index < -0.39 is 0 Å². The van der Waals surface area contributed by atoms with E-state index in [0.717, 1.165) is 52.4 Å². The van der Waals surface area contributed by atoms with Crippen molar-refractivity contribution in [1.82, 2.24) is 30.1 Å². The van der Waals surface area contributed by atoms with Gasteiger partial charge in [-0.05, 0) is 86.0 Å². The molecule has 0 saturated carbocycles. The summed E-state index contributed by atoms with van der Waals surface area (Å²) in [7, 11) is 0. The summed E-state index contributed by atoms with van der Waals surface area (Å²) in [5.41, 5.74) is 2.10. The van der Waals surface area contributed by atoms with Crippen LogP contribution in [0.5, 0.6) is 17.2 Å². The molecule has 3 heterocycles. The largest absolute Gasteiger partial charge is 0.494 e. The second-order valence-corrected chi connectivity index (χ2v) is 10.4. The summed E-state index contributed by atoms with van der Waals surface area (Å²) >= 11 is 0. The summed E-state index contributed by atoms with van der Waals surface area (Å²) in [6, 6.07) is 13.5. The van der Waals surface area contributed by atoms with Crippen LogP contribution in [-0.2, 0) is 18.6 Å². The predicted molar refractivity (Wildman–Crippen MR) is 148 cm³/mol. The molecule has 5 rings (SSSR count). The second kappa shape index (κ2) is 11.1. The highest BCUT2D eigenvalue weighted by Crippen LogP contribution is 2.35. The topological polar surface area (TPSA) is 107 Å². The molecule has 1 atom stereocenters. The fourth-order valence-corrected chi connectivity index (χ4v) is 4.96. The number of tetrazole rings is 1. The zero-order valence-corrected chi connectivity index (χ0v) is 23.2. The fraction of sp³-hybridized carbons (Fsp3) is 0.448. The van der Waals surface area contributed by atoms with Crippen LogP contribution in [0, 0.1) is 0 Å². The Bertz CT molecular complexity index is 1510. The Labute approximate surface area is 227 Å². The van der Waals surface area contributed by atoms with Gasteiger partial charge >= 0.3 is 0 Å². The van der Waals surface area contributed by atoms with Crippen LogP contribution in [0.25, 0.3) is 10.9 Å². The number of hydrogen-bond acceptors (Lipinski definition) is 8. The van der Waals surface area contributed by atoms with Crippen LogP contribution in [0.15, 0.2) is 47.3 Å². The van der Waals surface area contributed by atoms with Gasteiger partial charge in [0.2, 0.25) is 6.79 Å². The van der Waals surface area contributed by atoms with E-state index in [1.165, 1.54) is 0 Å². The first-order valence-electron chi connectivity index (χ1n) is 13.5. The van der Waals surface area contributed by atoms with Crippen LogP contribution in [0.3, 0.4) is 0 Å². The first-order valence-corrected chi connectivity index (χ1v) is 13.5. The molecule has 0 radical (unpaired) electrons. The van der Waals surface area contributed by atoms with Gasteiger partial charge in [-0.3, -0.25) is 9.69 Å². The molecule has 10 heteroatoms. The molecule has 2 aromatic heterocycles. The molecule has 1 aliphatic rings. The van der Waals surface area contributed by atoms with Crippen LogP contribution in [0.4, 0.5) is 0 Å². The van der Waals surface area contributed by atoms with Crippen LogP contribution < -0.4 is 19.8 Å². The molecule has 0 bridgehead atoms. The normalized spacial score (nSPS) is 13.8. The second-order valence-electron chi connectivity index (χ2n) is 10.4. The van der Waals surface area contributed by atoms with Crippen LogP contribution in [0.2, 0.25) is 0 Å². The van der Waals surface area contributed by atoms with E-state index in [4.69, 9.17) is 14.2 Å². The third-order valence-electron chi connectivity index (χ3n) is 7.46. The van der Waals surface area contributed by atoms with Gasteiger partial charge in [-0.2, -0.15) is 0 Å². The van der Waals surface area contributed by atoms with E-state index in [9.17, 15) is 4.79 Å². The number of aromatic amines is 1. The monoisotopic (exact) mass is 532 g/mol. The third-order valence-corrected chi connectivity index (χ3v) is 7.46. The van der Waals surface area contributed by atoms with E-state index in [2.05, 4.69) is 53.1 Å². The SMILES string of the molecule is CCOc1ccc2[nH]c(=O)c(CN(Cc3ccc4c(c3)OCO4)[C@@H](CC)c3nnnn3C(C)(C)CC)cc2c1. The smallest absolute Gasteiger partial charge is 0.252 e. The lowest BCUT2D eigenvalue weighted by molar-refractivity contribution is 0.150. The van der Waals surface area contributed by atoms with Crippen molar-refractivity contribution >= 4 is 10.9 Å². The van der Waals surface area contributed by atoms with E-state index in [-0.39, 0.29) is 23.9 Å². The Morgan fingerprint density at radius 3 is 2.67 bits per heavy atom. The number of benzene rings is 2. The van der Waals surface area contributed by atoms with Crippen molar-refractivity contribution in [3.8, 4) is 17.2 Å². The van der Waals surface area contributed by atoms with Crippen molar-refractivity contribution in [3.63, 3.8) is 0 Å². The van der Waals surface area contributed by atoms with Gasteiger partial charge in [0, 0.05) is 29.6 Å². The lowest BCUT2D eigenvalue weighted by atomic mass is 10.0. The maximum atomic E-state index is 13.3. The van der Waals surface area contributed by atoms with Crippen molar-refractivity contribution < 1.29 is 14.2 Å². The Hall–Kier alpha value is -3.92. The molecule has 39 heavy (non-hydrogen) atoms. The molecular formula is C29H36N6O4. The molecule has 206 valence electrons. The number of ether oxygens (including phenoxy) is 3. The highest BCUT2D eigenvalue weighted by atomic mass is 16.7. The number of fused-ring (bicyclic) bond motifs is 2. The third kappa shape index (κ3) is 5.47. The van der Waals surface area contributed by atoms with Gasteiger partial charge in [0.05, 0.1) is 18.2 Å². The van der Waals surface area contributed by atoms with Gasteiger partial charge in [0.15, 0.2) is 17.3 Å². The molecule has 2 aromatic carbocycles. The van der Waals surface area contributed by atoms with Gasteiger partial charge in [0.25, 0.3) is 5.56 Å². The zero-order chi connectivity index (χ0) is 27.6. The Kier molecular flexibility index (Phi) is 7.56. The molecule has 0 aliphatic carbocycles. The van der Waals surface area contributed by atoms with Crippen molar-refractivity contribution in [3.05, 3.63) is 69.8 Å². The molecule has 0 unspecified atom stereocenters. The van der Waals surface area contributed by atoms with Crippen LogP contribution >= 0.6 is 0 Å². The number of H-pyrrole nitrogens is 1. The minimum Gasteiger partial charge on any atom is -0.494 e. The molecule has 1 N–H and O–H groups in total. The summed E-state index contributed by atoms with van der Waals surface area (Å²) in [6.45, 7) is 12.2. The molecule has 1 aliphatic heterocycles. The first kappa shape index (κ1) is 26.7. The number of nitrogens with zero attached hydrogens (tertiary/aromatic N) is 5. The van der Waals surface area contributed by atoms with E-state index in [1.54, 1.807) is 0 Å². The molecule has 0 saturated heterocycles. The average Bonchev–Trinajstić information content (AvgIpc) is 3.60. The van der Waals surface area contributed by atoms with Crippen molar-refractivity contribution in [2.45, 2.75) is 72.1 Å². The molecular weight excluding hydrogens is 496 g/mol. The van der Waals surface area contributed by atoms with Gasteiger partial charge in [0.1, 0.15) is 5.75 Å². The quantitative estimate of drug-likeness (QED) is 0.289. The number of rotatable bonds is 11. The molecule has 4 aromatic rings. The minimum absolute atomic E-state index is 0.120. The van der Waals surface area contributed by atoms with Gasteiger partial charge in [-0.25, -0.2) is 4.68 Å². The van der Waals surface area contributed by atoms with Gasteiger partial charge < -0.3 is 19.2 Å². The highest BCUT2D eigenvalue weighted by molar-refractivity contribution is 5.80. The summed E-state index contributed by atoms with van der Waals surface area (Å²) in [5, 5.41) is 13.8. The molecule has 0 spiro atoms. The summed E-state index contributed by atoms with van der Waals surface area (Å²) in [4.78, 5) is 18.6. The highest BCUT2D eigenvalue weighted by Gasteiger charge is 2.31. The summed E-state index contributed by atoms with van der Waals surface area (Å²) in [5.74, 6) is 3.01. The summed E-state index contributed by atoms with van der Waals surface area (Å²) in [6.07, 6.45) is 1.63. The maximum Gasteiger partial charge on any atom is 0.252 e. The number of hydrogen-bond donors (Lipinski definition) is 1. The van der Waals surface area contributed by atoms with Crippen LogP contribution in [0.1, 0.15) is 70.5 Å². The first-order chi connectivity index (χ1) is 18.8. The van der Waals surface area contributed by atoms with E-state index >= 15 is 0 Å². The van der Waals surface area contributed by atoms with Gasteiger partial charge in [-0.15, -0.1) is 5.10 Å². The predicted octanol–water partition coefficient (Wildman–Crippen LogP) is 4.94. The molecule has 0 amide bonds. The van der Waals surface area contributed by atoms with Crippen molar-refractivity contribution in [2.75, 3.05) is 13.4 Å². The maximum absolute atomic E-state index is 13.3. The Morgan fingerprint density at radius 2 is 1.90 bits per heavy atom. The lowest BCUT2D eigenvalue weighted by Gasteiger charge is -2.33. The van der Waals surface area contributed by atoms with Gasteiger partial charge in [-0.1, -0.05) is 19.9 Å². The lowest BCUT2D eigenvalue weighted by Crippen LogP contribution is -2.36.